The van der Waals surface area contributed by atoms with Crippen molar-refractivity contribution >= 4 is 0 Å². The molecule has 1 saturated carbocycles. The van der Waals surface area contributed by atoms with Gasteiger partial charge in [0.05, 0.1) is 6.10 Å². The van der Waals surface area contributed by atoms with Crippen molar-refractivity contribution in [3.8, 4) is 0 Å². The Bertz CT molecular complexity index is 306. The SMILES string of the molecule is OC1CC(CNCCCCc2ccccc2)C1. The van der Waals surface area contributed by atoms with E-state index in [2.05, 4.69) is 35.6 Å². The first kappa shape index (κ1) is 12.6. The van der Waals surface area contributed by atoms with E-state index in [1.54, 1.807) is 0 Å². The highest BCUT2D eigenvalue weighted by atomic mass is 16.3. The fourth-order valence-corrected chi connectivity index (χ4v) is 2.40. The predicted octanol–water partition coefficient (Wildman–Crippen LogP) is 2.37. The van der Waals surface area contributed by atoms with E-state index in [0.29, 0.717) is 0 Å². The smallest absolute Gasteiger partial charge is 0.0546 e. The first-order valence-electron chi connectivity index (χ1n) is 6.77. The molecule has 1 aromatic rings. The first-order valence-corrected chi connectivity index (χ1v) is 6.77. The summed E-state index contributed by atoms with van der Waals surface area (Å²) in [6.45, 7) is 2.20. The van der Waals surface area contributed by atoms with E-state index in [1.807, 2.05) is 0 Å². The zero-order valence-corrected chi connectivity index (χ0v) is 10.4. The molecule has 0 spiro atoms. The van der Waals surface area contributed by atoms with Gasteiger partial charge in [0.2, 0.25) is 0 Å². The van der Waals surface area contributed by atoms with E-state index in [-0.39, 0.29) is 6.10 Å². The molecule has 0 radical (unpaired) electrons. The second-order valence-corrected chi connectivity index (χ2v) is 5.14. The number of aliphatic hydroxyl groups is 1. The van der Waals surface area contributed by atoms with Crippen molar-refractivity contribution in [2.45, 2.75) is 38.2 Å². The lowest BCUT2D eigenvalue weighted by molar-refractivity contribution is 0.0431. The zero-order valence-electron chi connectivity index (χ0n) is 10.4. The monoisotopic (exact) mass is 233 g/mol. The van der Waals surface area contributed by atoms with Crippen LogP contribution in [0.4, 0.5) is 0 Å². The van der Waals surface area contributed by atoms with Gasteiger partial charge < -0.3 is 10.4 Å². The van der Waals surface area contributed by atoms with Crippen molar-refractivity contribution in [1.82, 2.24) is 5.32 Å². The van der Waals surface area contributed by atoms with E-state index in [4.69, 9.17) is 5.11 Å². The molecule has 0 aliphatic heterocycles. The van der Waals surface area contributed by atoms with E-state index in [9.17, 15) is 0 Å². The zero-order chi connectivity index (χ0) is 11.9. The van der Waals surface area contributed by atoms with Gasteiger partial charge in [-0.3, -0.25) is 0 Å². The molecule has 2 N–H and O–H groups in total. The molecule has 2 nitrogen and oxygen atoms in total. The molecule has 1 aliphatic rings. The molecule has 0 aromatic heterocycles. The minimum absolute atomic E-state index is 0.0140. The van der Waals surface area contributed by atoms with Crippen molar-refractivity contribution < 1.29 is 5.11 Å². The molecule has 0 heterocycles. The quantitative estimate of drug-likeness (QED) is 0.709. The summed E-state index contributed by atoms with van der Waals surface area (Å²) in [6, 6.07) is 10.7. The van der Waals surface area contributed by atoms with Gasteiger partial charge in [-0.1, -0.05) is 30.3 Å². The summed E-state index contributed by atoms with van der Waals surface area (Å²) in [5.74, 6) is 0.721. The summed E-state index contributed by atoms with van der Waals surface area (Å²) in [6.07, 6.45) is 5.66. The van der Waals surface area contributed by atoms with Crippen molar-refractivity contribution in [3.63, 3.8) is 0 Å². The lowest BCUT2D eigenvalue weighted by Crippen LogP contribution is -2.36. The number of hydrogen-bond donors (Lipinski definition) is 2. The normalized spacial score (nSPS) is 23.4. The molecule has 94 valence electrons. The van der Waals surface area contributed by atoms with E-state index < -0.39 is 0 Å². The number of benzene rings is 1. The third-order valence-electron chi connectivity index (χ3n) is 3.56. The average Bonchev–Trinajstić information content (AvgIpc) is 2.32. The summed E-state index contributed by atoms with van der Waals surface area (Å²) in [5, 5.41) is 12.6. The van der Waals surface area contributed by atoms with Crippen LogP contribution in [0.5, 0.6) is 0 Å². The van der Waals surface area contributed by atoms with Crippen LogP contribution in [0.2, 0.25) is 0 Å². The van der Waals surface area contributed by atoms with Crippen LogP contribution in [-0.4, -0.2) is 24.3 Å². The van der Waals surface area contributed by atoms with Crippen molar-refractivity contribution in [1.29, 1.82) is 0 Å². The Hall–Kier alpha value is -0.860. The van der Waals surface area contributed by atoms with Gasteiger partial charge in [-0.2, -0.15) is 0 Å². The fraction of sp³-hybridized carbons (Fsp3) is 0.600. The first-order chi connectivity index (χ1) is 8.34. The van der Waals surface area contributed by atoms with Crippen LogP contribution in [0, 0.1) is 5.92 Å². The summed E-state index contributed by atoms with van der Waals surface area (Å²) < 4.78 is 0. The van der Waals surface area contributed by atoms with Crippen LogP contribution in [0.25, 0.3) is 0 Å². The third kappa shape index (κ3) is 4.49. The number of aliphatic hydroxyl groups excluding tert-OH is 1. The molecule has 17 heavy (non-hydrogen) atoms. The van der Waals surface area contributed by atoms with E-state index in [0.717, 1.165) is 31.8 Å². The molecular weight excluding hydrogens is 210 g/mol. The van der Waals surface area contributed by atoms with Crippen LogP contribution in [0.3, 0.4) is 0 Å². The molecule has 1 aliphatic carbocycles. The maximum atomic E-state index is 9.16. The second kappa shape index (κ2) is 6.77. The number of rotatable bonds is 7. The maximum absolute atomic E-state index is 9.16. The largest absolute Gasteiger partial charge is 0.393 e. The van der Waals surface area contributed by atoms with Gasteiger partial charge in [0.25, 0.3) is 0 Å². The molecule has 2 heteroatoms. The lowest BCUT2D eigenvalue weighted by atomic mass is 9.82. The van der Waals surface area contributed by atoms with Crippen LogP contribution in [0.1, 0.15) is 31.2 Å². The minimum Gasteiger partial charge on any atom is -0.393 e. The van der Waals surface area contributed by atoms with E-state index in [1.165, 1.54) is 24.8 Å². The number of aryl methyl sites for hydroxylation is 1. The Morgan fingerprint density at radius 3 is 2.59 bits per heavy atom. The van der Waals surface area contributed by atoms with Gasteiger partial charge in [-0.05, 0) is 56.7 Å². The molecule has 2 rings (SSSR count). The highest BCUT2D eigenvalue weighted by molar-refractivity contribution is 5.14. The van der Waals surface area contributed by atoms with E-state index >= 15 is 0 Å². The lowest BCUT2D eigenvalue weighted by Gasteiger charge is -2.31. The summed E-state index contributed by atoms with van der Waals surface area (Å²) in [5.41, 5.74) is 1.44. The molecular formula is C15H23NO. The van der Waals surface area contributed by atoms with Crippen LogP contribution in [0.15, 0.2) is 30.3 Å². The summed E-state index contributed by atoms with van der Waals surface area (Å²) in [7, 11) is 0. The van der Waals surface area contributed by atoms with Gasteiger partial charge in [0.1, 0.15) is 0 Å². The van der Waals surface area contributed by atoms with Crippen LogP contribution >= 0.6 is 0 Å². The predicted molar refractivity (Wildman–Crippen MR) is 71.0 cm³/mol. The van der Waals surface area contributed by atoms with Crippen LogP contribution in [-0.2, 0) is 6.42 Å². The van der Waals surface area contributed by atoms with Gasteiger partial charge in [0.15, 0.2) is 0 Å². The molecule has 0 unspecified atom stereocenters. The molecule has 1 fully saturated rings. The summed E-state index contributed by atoms with van der Waals surface area (Å²) >= 11 is 0. The Labute approximate surface area is 104 Å². The minimum atomic E-state index is -0.0140. The Morgan fingerprint density at radius 2 is 1.88 bits per heavy atom. The van der Waals surface area contributed by atoms with Gasteiger partial charge in [0, 0.05) is 0 Å². The molecule has 0 amide bonds. The third-order valence-corrected chi connectivity index (χ3v) is 3.56. The summed E-state index contributed by atoms with van der Waals surface area (Å²) in [4.78, 5) is 0. The Morgan fingerprint density at radius 1 is 1.12 bits per heavy atom. The molecule has 0 bridgehead atoms. The molecule has 1 aromatic carbocycles. The van der Waals surface area contributed by atoms with Crippen LogP contribution < -0.4 is 5.32 Å². The number of hydrogen-bond acceptors (Lipinski definition) is 2. The van der Waals surface area contributed by atoms with Crippen molar-refractivity contribution in [2.75, 3.05) is 13.1 Å². The number of nitrogens with one attached hydrogen (secondary N) is 1. The standard InChI is InChI=1S/C15H23NO/c17-15-10-14(11-15)12-16-9-5-4-8-13-6-2-1-3-7-13/h1-3,6-7,14-17H,4-5,8-12H2. The molecule has 0 atom stereocenters. The Balaban J connectivity index is 1.44. The average molecular weight is 233 g/mol. The topological polar surface area (TPSA) is 32.3 Å². The second-order valence-electron chi connectivity index (χ2n) is 5.14. The van der Waals surface area contributed by atoms with Gasteiger partial charge >= 0.3 is 0 Å². The fourth-order valence-electron chi connectivity index (χ4n) is 2.40. The number of unbranched alkanes of at least 4 members (excludes halogenated alkanes) is 1. The molecule has 0 saturated heterocycles. The Kier molecular flexibility index (Phi) is 5.02. The van der Waals surface area contributed by atoms with Gasteiger partial charge in [-0.15, -0.1) is 0 Å². The highest BCUT2D eigenvalue weighted by Crippen LogP contribution is 2.25. The van der Waals surface area contributed by atoms with Crippen molar-refractivity contribution in [3.05, 3.63) is 35.9 Å². The maximum Gasteiger partial charge on any atom is 0.0546 e. The van der Waals surface area contributed by atoms with Crippen molar-refractivity contribution in [2.24, 2.45) is 5.92 Å². The van der Waals surface area contributed by atoms with Gasteiger partial charge in [-0.25, -0.2) is 0 Å². The highest BCUT2D eigenvalue weighted by Gasteiger charge is 2.26.